The smallest absolute Gasteiger partial charge is 0.336 e. The zero-order chi connectivity index (χ0) is 13.4. The first kappa shape index (κ1) is 11.4. The van der Waals surface area contributed by atoms with Gasteiger partial charge in [0.1, 0.15) is 0 Å². The maximum absolute atomic E-state index is 11.5. The summed E-state index contributed by atoms with van der Waals surface area (Å²) in [6, 6.07) is 8.99. The minimum atomic E-state index is -0.954. The second-order valence-corrected chi connectivity index (χ2v) is 4.21. The lowest BCUT2D eigenvalue weighted by molar-refractivity contribution is 0.0698. The van der Waals surface area contributed by atoms with E-state index in [2.05, 4.69) is 10.1 Å². The number of fused-ring (bicyclic) bond motifs is 1. The Labute approximate surface area is 109 Å². The Morgan fingerprint density at radius 2 is 2.05 bits per heavy atom. The number of carbonyl (C=O) groups is 1. The molecule has 1 N–H and O–H groups in total. The van der Waals surface area contributed by atoms with Crippen LogP contribution >= 0.6 is 0 Å². The standard InChI is InChI=1S/C14H11N3O2/c1-9-12(14(18)19)10-5-2-3-6-11(10)16-13(9)17-8-4-7-15-17/h2-8H,1H3,(H,18,19). The lowest BCUT2D eigenvalue weighted by atomic mass is 10.0. The van der Waals surface area contributed by atoms with Crippen LogP contribution in [0.4, 0.5) is 0 Å². The first-order valence-electron chi connectivity index (χ1n) is 5.81. The van der Waals surface area contributed by atoms with Crippen molar-refractivity contribution >= 4 is 16.9 Å². The highest BCUT2D eigenvalue weighted by Gasteiger charge is 2.17. The van der Waals surface area contributed by atoms with E-state index in [-0.39, 0.29) is 5.56 Å². The molecule has 2 aromatic heterocycles. The van der Waals surface area contributed by atoms with Crippen molar-refractivity contribution in [3.8, 4) is 5.82 Å². The second-order valence-electron chi connectivity index (χ2n) is 4.21. The van der Waals surface area contributed by atoms with Crippen LogP contribution in [0.1, 0.15) is 15.9 Å². The molecule has 0 aliphatic rings. The summed E-state index contributed by atoms with van der Waals surface area (Å²) in [4.78, 5) is 16.0. The number of hydrogen-bond acceptors (Lipinski definition) is 3. The van der Waals surface area contributed by atoms with Gasteiger partial charge in [-0.3, -0.25) is 0 Å². The van der Waals surface area contributed by atoms with Gasteiger partial charge in [0.05, 0.1) is 11.1 Å². The van der Waals surface area contributed by atoms with Gasteiger partial charge in [0, 0.05) is 23.3 Å². The minimum absolute atomic E-state index is 0.274. The van der Waals surface area contributed by atoms with Crippen molar-refractivity contribution in [2.45, 2.75) is 6.92 Å². The maximum atomic E-state index is 11.5. The molecule has 0 fully saturated rings. The Bertz CT molecular complexity index is 764. The largest absolute Gasteiger partial charge is 0.478 e. The van der Waals surface area contributed by atoms with Gasteiger partial charge in [-0.25, -0.2) is 14.5 Å². The average Bonchev–Trinajstić information content (AvgIpc) is 2.91. The molecule has 0 bridgehead atoms. The van der Waals surface area contributed by atoms with Gasteiger partial charge in [-0.15, -0.1) is 0 Å². The number of carboxylic acids is 1. The third-order valence-corrected chi connectivity index (χ3v) is 3.05. The van der Waals surface area contributed by atoms with Crippen LogP contribution in [0, 0.1) is 6.92 Å². The highest BCUT2D eigenvalue weighted by atomic mass is 16.4. The highest BCUT2D eigenvalue weighted by molar-refractivity contribution is 6.04. The summed E-state index contributed by atoms with van der Waals surface area (Å²) in [5.74, 6) is -0.411. The van der Waals surface area contributed by atoms with E-state index in [1.165, 1.54) is 0 Å². The Kier molecular flexibility index (Phi) is 2.52. The first-order valence-corrected chi connectivity index (χ1v) is 5.81. The monoisotopic (exact) mass is 253 g/mol. The summed E-state index contributed by atoms with van der Waals surface area (Å²) in [7, 11) is 0. The lowest BCUT2D eigenvalue weighted by Crippen LogP contribution is -2.09. The summed E-state index contributed by atoms with van der Waals surface area (Å²) in [5, 5.41) is 14.2. The van der Waals surface area contributed by atoms with Crippen LogP contribution in [-0.4, -0.2) is 25.8 Å². The van der Waals surface area contributed by atoms with Crippen LogP contribution in [0.3, 0.4) is 0 Å². The van der Waals surface area contributed by atoms with E-state index in [0.29, 0.717) is 22.3 Å². The molecule has 0 amide bonds. The number of carboxylic acid groups (broad SMARTS) is 1. The van der Waals surface area contributed by atoms with Crippen LogP contribution in [0.5, 0.6) is 0 Å². The second kappa shape index (κ2) is 4.20. The number of nitrogens with zero attached hydrogens (tertiary/aromatic N) is 3. The molecule has 0 aliphatic heterocycles. The molecule has 3 rings (SSSR count). The molecule has 0 unspecified atom stereocenters. The molecule has 0 spiro atoms. The summed E-state index contributed by atoms with van der Waals surface area (Å²) < 4.78 is 1.58. The number of benzene rings is 1. The van der Waals surface area contributed by atoms with Gasteiger partial charge in [-0.1, -0.05) is 18.2 Å². The topological polar surface area (TPSA) is 68.0 Å². The van der Waals surface area contributed by atoms with Crippen molar-refractivity contribution in [3.05, 3.63) is 53.9 Å². The number of para-hydroxylation sites is 1. The molecule has 5 nitrogen and oxygen atoms in total. The van der Waals surface area contributed by atoms with Gasteiger partial charge < -0.3 is 5.11 Å². The van der Waals surface area contributed by atoms with Crippen molar-refractivity contribution in [3.63, 3.8) is 0 Å². The Morgan fingerprint density at radius 1 is 1.26 bits per heavy atom. The van der Waals surface area contributed by atoms with Crippen LogP contribution < -0.4 is 0 Å². The van der Waals surface area contributed by atoms with E-state index >= 15 is 0 Å². The van der Waals surface area contributed by atoms with E-state index in [9.17, 15) is 9.90 Å². The van der Waals surface area contributed by atoms with Crippen LogP contribution in [0.2, 0.25) is 0 Å². The molecule has 2 heterocycles. The minimum Gasteiger partial charge on any atom is -0.478 e. The van der Waals surface area contributed by atoms with Crippen molar-refractivity contribution in [1.29, 1.82) is 0 Å². The predicted octanol–water partition coefficient (Wildman–Crippen LogP) is 2.43. The zero-order valence-corrected chi connectivity index (χ0v) is 10.2. The lowest BCUT2D eigenvalue weighted by Gasteiger charge is -2.11. The Morgan fingerprint density at radius 3 is 2.74 bits per heavy atom. The number of aromatic carboxylic acids is 1. The molecular formula is C14H11N3O2. The molecule has 5 heteroatoms. The third-order valence-electron chi connectivity index (χ3n) is 3.05. The van der Waals surface area contributed by atoms with E-state index < -0.39 is 5.97 Å². The number of pyridine rings is 1. The van der Waals surface area contributed by atoms with Gasteiger partial charge in [0.15, 0.2) is 5.82 Å². The Hall–Kier alpha value is -2.69. The van der Waals surface area contributed by atoms with E-state index in [4.69, 9.17) is 0 Å². The highest BCUT2D eigenvalue weighted by Crippen LogP contribution is 2.24. The Balaban J connectivity index is 2.42. The van der Waals surface area contributed by atoms with Crippen LogP contribution in [0.25, 0.3) is 16.7 Å². The van der Waals surface area contributed by atoms with Crippen molar-refractivity contribution in [2.24, 2.45) is 0 Å². The zero-order valence-electron chi connectivity index (χ0n) is 10.2. The molecule has 0 saturated heterocycles. The molecular weight excluding hydrogens is 242 g/mol. The van der Waals surface area contributed by atoms with Gasteiger partial charge in [0.25, 0.3) is 0 Å². The fourth-order valence-corrected chi connectivity index (χ4v) is 2.19. The van der Waals surface area contributed by atoms with Crippen LogP contribution in [0.15, 0.2) is 42.7 Å². The van der Waals surface area contributed by atoms with Gasteiger partial charge >= 0.3 is 5.97 Å². The van der Waals surface area contributed by atoms with E-state index in [0.717, 1.165) is 0 Å². The van der Waals surface area contributed by atoms with Gasteiger partial charge in [0.2, 0.25) is 0 Å². The normalized spacial score (nSPS) is 10.8. The number of aromatic nitrogens is 3. The van der Waals surface area contributed by atoms with E-state index in [1.54, 1.807) is 42.2 Å². The molecule has 1 aromatic carbocycles. The molecule has 0 aliphatic carbocycles. The summed E-state index contributed by atoms with van der Waals surface area (Å²) in [6.07, 6.45) is 3.38. The van der Waals surface area contributed by atoms with Crippen molar-refractivity contribution in [2.75, 3.05) is 0 Å². The summed E-state index contributed by atoms with van der Waals surface area (Å²) in [6.45, 7) is 1.75. The molecule has 0 saturated carbocycles. The summed E-state index contributed by atoms with van der Waals surface area (Å²) in [5.41, 5.74) is 1.53. The maximum Gasteiger partial charge on any atom is 0.336 e. The number of rotatable bonds is 2. The molecule has 0 atom stereocenters. The fourth-order valence-electron chi connectivity index (χ4n) is 2.19. The average molecular weight is 253 g/mol. The van der Waals surface area contributed by atoms with Gasteiger partial charge in [-0.05, 0) is 19.1 Å². The van der Waals surface area contributed by atoms with E-state index in [1.807, 2.05) is 12.1 Å². The number of hydrogen-bond donors (Lipinski definition) is 1. The van der Waals surface area contributed by atoms with Gasteiger partial charge in [-0.2, -0.15) is 5.10 Å². The predicted molar refractivity (Wildman–Crippen MR) is 70.6 cm³/mol. The molecule has 19 heavy (non-hydrogen) atoms. The molecule has 0 radical (unpaired) electrons. The van der Waals surface area contributed by atoms with Crippen LogP contribution in [-0.2, 0) is 0 Å². The fraction of sp³-hybridized carbons (Fsp3) is 0.0714. The molecule has 94 valence electrons. The van der Waals surface area contributed by atoms with Crippen molar-refractivity contribution < 1.29 is 9.90 Å². The first-order chi connectivity index (χ1) is 9.18. The third kappa shape index (κ3) is 1.76. The van der Waals surface area contributed by atoms with Crippen molar-refractivity contribution in [1.82, 2.24) is 14.8 Å². The molecule has 3 aromatic rings. The summed E-state index contributed by atoms with van der Waals surface area (Å²) >= 11 is 0. The quantitative estimate of drug-likeness (QED) is 0.761. The SMILES string of the molecule is Cc1c(-n2cccn2)nc2ccccc2c1C(=O)O.